The zero-order valence-corrected chi connectivity index (χ0v) is 11.3. The summed E-state index contributed by atoms with van der Waals surface area (Å²) in [6.07, 6.45) is 2.35. The molecule has 0 aromatic carbocycles. The summed E-state index contributed by atoms with van der Waals surface area (Å²) in [5.41, 5.74) is 3.04. The lowest BCUT2D eigenvalue weighted by molar-refractivity contribution is 0.131. The molecule has 0 saturated heterocycles. The molecule has 1 atom stereocenters. The third kappa shape index (κ3) is 4.60. The summed E-state index contributed by atoms with van der Waals surface area (Å²) in [4.78, 5) is 5.58. The van der Waals surface area contributed by atoms with Crippen molar-refractivity contribution in [3.8, 4) is 0 Å². The van der Waals surface area contributed by atoms with Crippen LogP contribution in [0.1, 0.15) is 43.3 Å². The zero-order valence-electron chi connectivity index (χ0n) is 10.5. The van der Waals surface area contributed by atoms with Crippen molar-refractivity contribution >= 4 is 11.3 Å². The number of hydrogen-bond acceptors (Lipinski definition) is 4. The Morgan fingerprint density at radius 3 is 2.94 bits per heavy atom. The zero-order chi connectivity index (χ0) is 11.8. The Morgan fingerprint density at radius 2 is 2.31 bits per heavy atom. The summed E-state index contributed by atoms with van der Waals surface area (Å²) in [6.45, 7) is 8.99. The van der Waals surface area contributed by atoms with Gasteiger partial charge < -0.3 is 10.1 Å². The molecule has 0 saturated carbocycles. The summed E-state index contributed by atoms with van der Waals surface area (Å²) in [7, 11) is 0. The summed E-state index contributed by atoms with van der Waals surface area (Å²) < 4.78 is 5.50. The first-order valence-corrected chi connectivity index (χ1v) is 6.84. The first-order valence-electron chi connectivity index (χ1n) is 5.96. The largest absolute Gasteiger partial charge is 0.380 e. The topological polar surface area (TPSA) is 34.1 Å². The van der Waals surface area contributed by atoms with E-state index in [0.717, 1.165) is 31.9 Å². The van der Waals surface area contributed by atoms with Crippen LogP contribution in [0.2, 0.25) is 0 Å². The maximum atomic E-state index is 5.50. The van der Waals surface area contributed by atoms with E-state index >= 15 is 0 Å². The van der Waals surface area contributed by atoms with E-state index in [-0.39, 0.29) is 0 Å². The number of rotatable bonds is 8. The summed E-state index contributed by atoms with van der Waals surface area (Å²) >= 11 is 1.72. The fraction of sp³-hybridized carbons (Fsp3) is 0.750. The SMILES string of the molecule is CCCCOCCNC(C)c1scnc1C. The van der Waals surface area contributed by atoms with Gasteiger partial charge in [0.15, 0.2) is 0 Å². The standard InChI is InChI=1S/C12H22N2OS/c1-4-5-7-15-8-6-13-10(2)12-11(3)14-9-16-12/h9-10,13H,4-8H2,1-3H3. The summed E-state index contributed by atoms with van der Waals surface area (Å²) in [5.74, 6) is 0. The molecule has 1 heterocycles. The molecule has 1 unspecified atom stereocenters. The predicted molar refractivity (Wildman–Crippen MR) is 69.0 cm³/mol. The van der Waals surface area contributed by atoms with Crippen LogP contribution in [0.4, 0.5) is 0 Å². The number of aryl methyl sites for hydroxylation is 1. The van der Waals surface area contributed by atoms with Crippen LogP contribution in [0.3, 0.4) is 0 Å². The summed E-state index contributed by atoms with van der Waals surface area (Å²) in [6, 6.07) is 0.377. The van der Waals surface area contributed by atoms with E-state index in [4.69, 9.17) is 4.74 Å². The number of hydrogen-bond donors (Lipinski definition) is 1. The van der Waals surface area contributed by atoms with E-state index in [1.165, 1.54) is 11.3 Å². The van der Waals surface area contributed by atoms with Crippen LogP contribution in [-0.4, -0.2) is 24.7 Å². The quantitative estimate of drug-likeness (QED) is 0.712. The van der Waals surface area contributed by atoms with Crippen LogP contribution >= 0.6 is 11.3 Å². The number of unbranched alkanes of at least 4 members (excludes halogenated alkanes) is 1. The second-order valence-corrected chi connectivity index (χ2v) is 4.83. The highest BCUT2D eigenvalue weighted by Gasteiger charge is 2.09. The van der Waals surface area contributed by atoms with Gasteiger partial charge in [0.05, 0.1) is 17.8 Å². The van der Waals surface area contributed by atoms with Gasteiger partial charge in [0.2, 0.25) is 0 Å². The molecule has 0 aliphatic heterocycles. The number of ether oxygens (including phenoxy) is 1. The van der Waals surface area contributed by atoms with E-state index < -0.39 is 0 Å². The van der Waals surface area contributed by atoms with E-state index in [0.29, 0.717) is 6.04 Å². The highest BCUT2D eigenvalue weighted by atomic mass is 32.1. The molecule has 1 aromatic rings. The van der Waals surface area contributed by atoms with Crippen molar-refractivity contribution in [2.45, 2.75) is 39.7 Å². The molecule has 0 amide bonds. The van der Waals surface area contributed by atoms with E-state index in [2.05, 4.69) is 31.1 Å². The minimum atomic E-state index is 0.377. The second-order valence-electron chi connectivity index (χ2n) is 3.94. The predicted octanol–water partition coefficient (Wildman–Crippen LogP) is 2.92. The maximum Gasteiger partial charge on any atom is 0.0798 e. The smallest absolute Gasteiger partial charge is 0.0798 e. The molecule has 0 fully saturated rings. The first-order chi connectivity index (χ1) is 7.75. The van der Waals surface area contributed by atoms with Crippen molar-refractivity contribution in [2.75, 3.05) is 19.8 Å². The van der Waals surface area contributed by atoms with Crippen molar-refractivity contribution < 1.29 is 4.74 Å². The minimum absolute atomic E-state index is 0.377. The lowest BCUT2D eigenvalue weighted by atomic mass is 10.2. The van der Waals surface area contributed by atoms with E-state index in [1.807, 2.05) is 5.51 Å². The second kappa shape index (κ2) is 7.76. The number of aromatic nitrogens is 1. The molecule has 16 heavy (non-hydrogen) atoms. The third-order valence-electron chi connectivity index (χ3n) is 2.52. The van der Waals surface area contributed by atoms with Crippen LogP contribution in [-0.2, 0) is 4.74 Å². The van der Waals surface area contributed by atoms with Crippen LogP contribution in [0, 0.1) is 6.92 Å². The molecular weight excluding hydrogens is 220 g/mol. The monoisotopic (exact) mass is 242 g/mol. The van der Waals surface area contributed by atoms with E-state index in [9.17, 15) is 0 Å². The lowest BCUT2D eigenvalue weighted by Crippen LogP contribution is -2.23. The normalized spacial score (nSPS) is 12.9. The molecule has 0 radical (unpaired) electrons. The van der Waals surface area contributed by atoms with Crippen LogP contribution < -0.4 is 5.32 Å². The van der Waals surface area contributed by atoms with Gasteiger partial charge in [-0.25, -0.2) is 4.98 Å². The Bertz CT molecular complexity index is 288. The number of nitrogens with zero attached hydrogens (tertiary/aromatic N) is 1. The molecule has 0 bridgehead atoms. The Hall–Kier alpha value is -0.450. The summed E-state index contributed by atoms with van der Waals surface area (Å²) in [5, 5.41) is 3.45. The maximum absolute atomic E-state index is 5.50. The van der Waals surface area contributed by atoms with Crippen molar-refractivity contribution in [2.24, 2.45) is 0 Å². The molecule has 0 aliphatic rings. The van der Waals surface area contributed by atoms with E-state index in [1.54, 1.807) is 11.3 Å². The number of thiazole rings is 1. The molecule has 0 spiro atoms. The molecule has 4 heteroatoms. The molecule has 1 aromatic heterocycles. The average molecular weight is 242 g/mol. The Labute approximate surface area is 102 Å². The van der Waals surface area contributed by atoms with Gasteiger partial charge in [-0.1, -0.05) is 13.3 Å². The minimum Gasteiger partial charge on any atom is -0.380 e. The fourth-order valence-corrected chi connectivity index (χ4v) is 2.35. The van der Waals surface area contributed by atoms with Crippen molar-refractivity contribution in [3.63, 3.8) is 0 Å². The molecule has 3 nitrogen and oxygen atoms in total. The van der Waals surface area contributed by atoms with Gasteiger partial charge in [-0.15, -0.1) is 11.3 Å². The molecule has 1 rings (SSSR count). The lowest BCUT2D eigenvalue weighted by Gasteiger charge is -2.12. The highest BCUT2D eigenvalue weighted by Crippen LogP contribution is 2.20. The molecular formula is C12H22N2OS. The van der Waals surface area contributed by atoms with Crippen molar-refractivity contribution in [1.82, 2.24) is 10.3 Å². The van der Waals surface area contributed by atoms with Crippen molar-refractivity contribution in [3.05, 3.63) is 16.1 Å². The van der Waals surface area contributed by atoms with Gasteiger partial charge >= 0.3 is 0 Å². The van der Waals surface area contributed by atoms with Gasteiger partial charge in [-0.3, -0.25) is 0 Å². The van der Waals surface area contributed by atoms with Gasteiger partial charge in [0.1, 0.15) is 0 Å². The number of nitrogens with one attached hydrogen (secondary N) is 1. The van der Waals surface area contributed by atoms with Crippen LogP contribution in [0.25, 0.3) is 0 Å². The average Bonchev–Trinajstić information content (AvgIpc) is 2.69. The van der Waals surface area contributed by atoms with Gasteiger partial charge in [0, 0.05) is 24.1 Å². The van der Waals surface area contributed by atoms with Crippen LogP contribution in [0.5, 0.6) is 0 Å². The van der Waals surface area contributed by atoms with Crippen molar-refractivity contribution in [1.29, 1.82) is 0 Å². The molecule has 1 N–H and O–H groups in total. The fourth-order valence-electron chi connectivity index (χ4n) is 1.52. The third-order valence-corrected chi connectivity index (χ3v) is 3.63. The first kappa shape index (κ1) is 13.6. The van der Waals surface area contributed by atoms with Gasteiger partial charge in [-0.2, -0.15) is 0 Å². The Kier molecular flexibility index (Phi) is 6.61. The van der Waals surface area contributed by atoms with Gasteiger partial charge in [-0.05, 0) is 20.3 Å². The highest BCUT2D eigenvalue weighted by molar-refractivity contribution is 7.09. The van der Waals surface area contributed by atoms with Crippen LogP contribution in [0.15, 0.2) is 5.51 Å². The molecule has 0 aliphatic carbocycles. The van der Waals surface area contributed by atoms with Gasteiger partial charge in [0.25, 0.3) is 0 Å². The molecule has 92 valence electrons. The Balaban J connectivity index is 2.11. The Morgan fingerprint density at radius 1 is 1.50 bits per heavy atom.